The molecule has 0 radical (unpaired) electrons. The summed E-state index contributed by atoms with van der Waals surface area (Å²) in [5.41, 5.74) is 1.18. The Balaban J connectivity index is 1.71. The molecule has 3 rings (SSSR count). The van der Waals surface area contributed by atoms with Gasteiger partial charge in [-0.25, -0.2) is 9.37 Å². The number of aromatic nitrogens is 1. The van der Waals surface area contributed by atoms with Crippen LogP contribution in [0.4, 0.5) is 9.52 Å². The standard InChI is InChI=1S/C16H10ClFN2O2S/c17-13-8-10(18)3-5-12(13)14-9-23-16(19-14)20-15(21)6-4-11-2-1-7-22-11/h1-9H,(H,19,20,21). The summed E-state index contributed by atoms with van der Waals surface area (Å²) in [6, 6.07) is 7.56. The number of furan rings is 1. The summed E-state index contributed by atoms with van der Waals surface area (Å²) in [5, 5.41) is 5.08. The summed E-state index contributed by atoms with van der Waals surface area (Å²) in [6.07, 6.45) is 4.43. The molecule has 0 bridgehead atoms. The second kappa shape index (κ2) is 6.76. The van der Waals surface area contributed by atoms with Crippen LogP contribution in [0.1, 0.15) is 5.76 Å². The molecule has 1 N–H and O–H groups in total. The van der Waals surface area contributed by atoms with Crippen molar-refractivity contribution >= 4 is 40.1 Å². The predicted molar refractivity (Wildman–Crippen MR) is 88.9 cm³/mol. The highest BCUT2D eigenvalue weighted by Crippen LogP contribution is 2.31. The number of thiazole rings is 1. The van der Waals surface area contributed by atoms with Crippen molar-refractivity contribution < 1.29 is 13.6 Å². The van der Waals surface area contributed by atoms with Crippen molar-refractivity contribution in [2.45, 2.75) is 0 Å². The SMILES string of the molecule is O=C(C=Cc1ccco1)Nc1nc(-c2ccc(F)cc2Cl)cs1. The predicted octanol–water partition coefficient (Wildman–Crippen LogP) is 4.85. The molecule has 4 nitrogen and oxygen atoms in total. The van der Waals surface area contributed by atoms with E-state index in [1.54, 1.807) is 29.7 Å². The van der Waals surface area contributed by atoms with Crippen molar-refractivity contribution in [3.63, 3.8) is 0 Å². The van der Waals surface area contributed by atoms with Crippen LogP contribution in [-0.4, -0.2) is 10.9 Å². The number of benzene rings is 1. The lowest BCUT2D eigenvalue weighted by Crippen LogP contribution is -2.07. The molecule has 0 fully saturated rings. The molecule has 0 unspecified atom stereocenters. The van der Waals surface area contributed by atoms with Crippen molar-refractivity contribution in [1.29, 1.82) is 0 Å². The van der Waals surface area contributed by atoms with Gasteiger partial charge in [-0.05, 0) is 36.4 Å². The highest BCUT2D eigenvalue weighted by atomic mass is 35.5. The molecule has 7 heteroatoms. The summed E-state index contributed by atoms with van der Waals surface area (Å²) in [5.74, 6) is -0.156. The van der Waals surface area contributed by atoms with Crippen LogP contribution >= 0.6 is 22.9 Å². The Morgan fingerprint density at radius 3 is 3.00 bits per heavy atom. The average molecular weight is 349 g/mol. The largest absolute Gasteiger partial charge is 0.465 e. The van der Waals surface area contributed by atoms with E-state index in [0.29, 0.717) is 22.1 Å². The lowest BCUT2D eigenvalue weighted by Gasteiger charge is -2.00. The molecule has 23 heavy (non-hydrogen) atoms. The van der Waals surface area contributed by atoms with Gasteiger partial charge in [0.25, 0.3) is 0 Å². The molecular weight excluding hydrogens is 339 g/mol. The number of carbonyl (C=O) groups excluding carboxylic acids is 1. The van der Waals surface area contributed by atoms with E-state index in [0.717, 1.165) is 0 Å². The van der Waals surface area contributed by atoms with Crippen molar-refractivity contribution in [1.82, 2.24) is 4.98 Å². The molecule has 0 aliphatic heterocycles. The highest BCUT2D eigenvalue weighted by Gasteiger charge is 2.10. The van der Waals surface area contributed by atoms with Crippen molar-refractivity contribution in [3.8, 4) is 11.3 Å². The first kappa shape index (κ1) is 15.5. The molecule has 0 aliphatic carbocycles. The summed E-state index contributed by atoms with van der Waals surface area (Å²) < 4.78 is 18.2. The lowest BCUT2D eigenvalue weighted by atomic mass is 10.2. The van der Waals surface area contributed by atoms with Crippen LogP contribution in [0.2, 0.25) is 5.02 Å². The maximum Gasteiger partial charge on any atom is 0.250 e. The zero-order valence-electron chi connectivity index (χ0n) is 11.6. The summed E-state index contributed by atoms with van der Waals surface area (Å²) in [7, 11) is 0. The lowest BCUT2D eigenvalue weighted by molar-refractivity contribution is -0.111. The molecule has 1 amide bonds. The molecular formula is C16H10ClFN2O2S. The first-order valence-corrected chi connectivity index (χ1v) is 7.81. The minimum absolute atomic E-state index is 0.269. The molecule has 0 spiro atoms. The molecule has 3 aromatic rings. The van der Waals surface area contributed by atoms with Crippen LogP contribution in [0.25, 0.3) is 17.3 Å². The number of halogens is 2. The number of nitrogens with one attached hydrogen (secondary N) is 1. The first-order chi connectivity index (χ1) is 11.1. The Kier molecular flexibility index (Phi) is 4.55. The zero-order valence-corrected chi connectivity index (χ0v) is 13.2. The van der Waals surface area contributed by atoms with E-state index in [9.17, 15) is 9.18 Å². The van der Waals surface area contributed by atoms with E-state index in [4.69, 9.17) is 16.0 Å². The third-order valence-electron chi connectivity index (χ3n) is 2.88. The van der Waals surface area contributed by atoms with Gasteiger partial charge in [0, 0.05) is 17.0 Å². The fourth-order valence-corrected chi connectivity index (χ4v) is 2.82. The van der Waals surface area contributed by atoms with Crippen molar-refractivity contribution in [2.24, 2.45) is 0 Å². The van der Waals surface area contributed by atoms with Gasteiger partial charge in [-0.2, -0.15) is 0 Å². The first-order valence-electron chi connectivity index (χ1n) is 6.55. The Morgan fingerprint density at radius 1 is 1.39 bits per heavy atom. The van der Waals surface area contributed by atoms with Gasteiger partial charge in [-0.15, -0.1) is 11.3 Å². The number of anilines is 1. The Labute approximate surface area is 140 Å². The Morgan fingerprint density at radius 2 is 2.26 bits per heavy atom. The molecule has 0 saturated carbocycles. The minimum Gasteiger partial charge on any atom is -0.465 e. The fourth-order valence-electron chi connectivity index (χ4n) is 1.84. The third-order valence-corrected chi connectivity index (χ3v) is 3.95. The van der Waals surface area contributed by atoms with Gasteiger partial charge in [0.1, 0.15) is 11.6 Å². The summed E-state index contributed by atoms with van der Waals surface area (Å²) in [4.78, 5) is 16.1. The number of rotatable bonds is 4. The molecule has 116 valence electrons. The average Bonchev–Trinajstić information content (AvgIpc) is 3.17. The number of hydrogen-bond acceptors (Lipinski definition) is 4. The second-order valence-electron chi connectivity index (χ2n) is 4.50. The van der Waals surface area contributed by atoms with E-state index in [1.165, 1.54) is 35.8 Å². The minimum atomic E-state index is -0.412. The summed E-state index contributed by atoms with van der Waals surface area (Å²) in [6.45, 7) is 0. The topological polar surface area (TPSA) is 55.1 Å². The van der Waals surface area contributed by atoms with Gasteiger partial charge in [0.05, 0.1) is 17.0 Å². The monoisotopic (exact) mass is 348 g/mol. The van der Waals surface area contributed by atoms with Gasteiger partial charge in [0.2, 0.25) is 5.91 Å². The van der Waals surface area contributed by atoms with Crippen LogP contribution in [0.3, 0.4) is 0 Å². The maximum atomic E-state index is 13.1. The van der Waals surface area contributed by atoms with Gasteiger partial charge in [-0.3, -0.25) is 10.1 Å². The van der Waals surface area contributed by atoms with Crippen LogP contribution in [0, 0.1) is 5.82 Å². The van der Waals surface area contributed by atoms with Gasteiger partial charge in [0.15, 0.2) is 5.13 Å². The molecule has 2 aromatic heterocycles. The molecule has 1 aromatic carbocycles. The number of amides is 1. The van der Waals surface area contributed by atoms with E-state index >= 15 is 0 Å². The van der Waals surface area contributed by atoms with E-state index in [-0.39, 0.29) is 10.9 Å². The van der Waals surface area contributed by atoms with Crippen molar-refractivity contribution in [3.05, 3.63) is 64.7 Å². The number of carbonyl (C=O) groups is 1. The zero-order chi connectivity index (χ0) is 16.2. The quantitative estimate of drug-likeness (QED) is 0.686. The molecule has 0 saturated heterocycles. The van der Waals surface area contributed by atoms with Gasteiger partial charge < -0.3 is 4.42 Å². The van der Waals surface area contributed by atoms with Crippen LogP contribution in [0.15, 0.2) is 52.5 Å². The summed E-state index contributed by atoms with van der Waals surface area (Å²) >= 11 is 7.26. The fraction of sp³-hybridized carbons (Fsp3) is 0. The number of hydrogen-bond donors (Lipinski definition) is 1. The van der Waals surface area contributed by atoms with Crippen LogP contribution < -0.4 is 5.32 Å². The van der Waals surface area contributed by atoms with Gasteiger partial charge in [-0.1, -0.05) is 11.6 Å². The number of nitrogens with zero attached hydrogens (tertiary/aromatic N) is 1. The van der Waals surface area contributed by atoms with Crippen LogP contribution in [-0.2, 0) is 4.79 Å². The van der Waals surface area contributed by atoms with E-state index in [2.05, 4.69) is 10.3 Å². The van der Waals surface area contributed by atoms with E-state index < -0.39 is 5.82 Å². The molecule has 0 atom stereocenters. The smallest absolute Gasteiger partial charge is 0.250 e. The molecule has 2 heterocycles. The third kappa shape index (κ3) is 3.85. The molecule has 0 aliphatic rings. The van der Waals surface area contributed by atoms with Crippen LogP contribution in [0.5, 0.6) is 0 Å². The van der Waals surface area contributed by atoms with Crippen molar-refractivity contribution in [2.75, 3.05) is 5.32 Å². The highest BCUT2D eigenvalue weighted by molar-refractivity contribution is 7.14. The Bertz CT molecular complexity index is 859. The second-order valence-corrected chi connectivity index (χ2v) is 5.77. The maximum absolute atomic E-state index is 13.1. The van der Waals surface area contributed by atoms with E-state index in [1.807, 2.05) is 0 Å². The van der Waals surface area contributed by atoms with Gasteiger partial charge >= 0.3 is 0 Å². The normalized spacial score (nSPS) is 11.0. The Hall–Kier alpha value is -2.44.